The number of hydrogen-bond donors (Lipinski definition) is 1. The van der Waals surface area contributed by atoms with Crippen molar-refractivity contribution >= 4 is 0 Å². The number of piperazine rings is 1. The summed E-state index contributed by atoms with van der Waals surface area (Å²) in [5, 5.41) is 0. The van der Waals surface area contributed by atoms with E-state index in [-0.39, 0.29) is 5.54 Å². The Labute approximate surface area is 125 Å². The summed E-state index contributed by atoms with van der Waals surface area (Å²) >= 11 is 0. The summed E-state index contributed by atoms with van der Waals surface area (Å²) in [6.07, 6.45) is 5.45. The van der Waals surface area contributed by atoms with Crippen LogP contribution in [0.1, 0.15) is 53.4 Å². The molecule has 0 radical (unpaired) electrons. The van der Waals surface area contributed by atoms with Gasteiger partial charge in [-0.1, -0.05) is 26.7 Å². The summed E-state index contributed by atoms with van der Waals surface area (Å²) in [7, 11) is 0. The molecule has 1 saturated heterocycles. The minimum atomic E-state index is 0.287. The van der Waals surface area contributed by atoms with Crippen LogP contribution in [0, 0.1) is 11.8 Å². The second-order valence-corrected chi connectivity index (χ2v) is 7.52. The van der Waals surface area contributed by atoms with Crippen molar-refractivity contribution in [1.82, 2.24) is 9.80 Å². The SMILES string of the molecule is CC(C)C1CCCCC1(CN)N1CCN(C(C)C)CC1. The third-order valence-corrected chi connectivity index (χ3v) is 5.90. The predicted octanol–water partition coefficient (Wildman–Crippen LogP) is 2.56. The summed E-state index contributed by atoms with van der Waals surface area (Å²) in [5.41, 5.74) is 6.62. The van der Waals surface area contributed by atoms with Crippen LogP contribution in [0.25, 0.3) is 0 Å². The zero-order chi connectivity index (χ0) is 14.8. The van der Waals surface area contributed by atoms with Gasteiger partial charge in [0.15, 0.2) is 0 Å². The van der Waals surface area contributed by atoms with E-state index >= 15 is 0 Å². The maximum Gasteiger partial charge on any atom is 0.0363 e. The first-order valence-electron chi connectivity index (χ1n) is 8.70. The van der Waals surface area contributed by atoms with E-state index in [0.29, 0.717) is 6.04 Å². The Bertz CT molecular complexity index is 295. The van der Waals surface area contributed by atoms with Gasteiger partial charge in [-0.25, -0.2) is 0 Å². The quantitative estimate of drug-likeness (QED) is 0.859. The van der Waals surface area contributed by atoms with E-state index in [1.54, 1.807) is 0 Å². The van der Waals surface area contributed by atoms with Gasteiger partial charge in [-0.2, -0.15) is 0 Å². The standard InChI is InChI=1S/C17H35N3/c1-14(2)16-7-5-6-8-17(16,13-18)20-11-9-19(10-12-20)15(3)4/h14-16H,5-13,18H2,1-4H3. The van der Waals surface area contributed by atoms with Crippen molar-refractivity contribution in [3.05, 3.63) is 0 Å². The van der Waals surface area contributed by atoms with Gasteiger partial charge < -0.3 is 5.73 Å². The lowest BCUT2D eigenvalue weighted by atomic mass is 9.66. The van der Waals surface area contributed by atoms with E-state index in [1.807, 2.05) is 0 Å². The van der Waals surface area contributed by atoms with E-state index in [4.69, 9.17) is 5.73 Å². The maximum absolute atomic E-state index is 6.34. The first-order valence-corrected chi connectivity index (χ1v) is 8.70. The van der Waals surface area contributed by atoms with Crippen molar-refractivity contribution in [1.29, 1.82) is 0 Å². The molecule has 0 aromatic rings. The Hall–Kier alpha value is -0.120. The molecular formula is C17H35N3. The van der Waals surface area contributed by atoms with Crippen molar-refractivity contribution in [3.63, 3.8) is 0 Å². The van der Waals surface area contributed by atoms with Gasteiger partial charge in [0.05, 0.1) is 0 Å². The normalized spacial score (nSPS) is 34.0. The van der Waals surface area contributed by atoms with Crippen molar-refractivity contribution < 1.29 is 0 Å². The molecule has 1 heterocycles. The fourth-order valence-corrected chi connectivity index (χ4v) is 4.66. The van der Waals surface area contributed by atoms with E-state index in [2.05, 4.69) is 37.5 Å². The van der Waals surface area contributed by atoms with Crippen LogP contribution < -0.4 is 5.73 Å². The third-order valence-electron chi connectivity index (χ3n) is 5.90. The average Bonchev–Trinajstić information content (AvgIpc) is 2.47. The van der Waals surface area contributed by atoms with Crippen LogP contribution in [0.3, 0.4) is 0 Å². The summed E-state index contributed by atoms with van der Waals surface area (Å²) in [6.45, 7) is 15.1. The third kappa shape index (κ3) is 3.05. The second kappa shape index (κ2) is 6.76. The van der Waals surface area contributed by atoms with Crippen LogP contribution in [0.4, 0.5) is 0 Å². The van der Waals surface area contributed by atoms with Crippen molar-refractivity contribution in [3.8, 4) is 0 Å². The molecule has 3 nitrogen and oxygen atoms in total. The Morgan fingerprint density at radius 1 is 1.05 bits per heavy atom. The van der Waals surface area contributed by atoms with Crippen LogP contribution in [-0.2, 0) is 0 Å². The van der Waals surface area contributed by atoms with Crippen LogP contribution >= 0.6 is 0 Å². The summed E-state index contributed by atoms with van der Waals surface area (Å²) in [5.74, 6) is 1.54. The van der Waals surface area contributed by atoms with Gasteiger partial charge in [0.1, 0.15) is 0 Å². The minimum absolute atomic E-state index is 0.287. The molecule has 2 N–H and O–H groups in total. The molecule has 0 amide bonds. The molecule has 2 rings (SSSR count). The van der Waals surface area contributed by atoms with Crippen LogP contribution in [0.5, 0.6) is 0 Å². The fraction of sp³-hybridized carbons (Fsp3) is 1.00. The minimum Gasteiger partial charge on any atom is -0.329 e. The molecule has 0 aromatic heterocycles. The van der Waals surface area contributed by atoms with Crippen LogP contribution in [-0.4, -0.2) is 54.1 Å². The molecule has 0 bridgehead atoms. The lowest BCUT2D eigenvalue weighted by Gasteiger charge is -2.55. The van der Waals surface area contributed by atoms with E-state index in [9.17, 15) is 0 Å². The Balaban J connectivity index is 2.10. The van der Waals surface area contributed by atoms with Gasteiger partial charge >= 0.3 is 0 Å². The fourth-order valence-electron chi connectivity index (χ4n) is 4.66. The molecule has 2 fully saturated rings. The summed E-state index contributed by atoms with van der Waals surface area (Å²) < 4.78 is 0. The monoisotopic (exact) mass is 281 g/mol. The molecule has 20 heavy (non-hydrogen) atoms. The van der Waals surface area contributed by atoms with Gasteiger partial charge in [-0.15, -0.1) is 0 Å². The predicted molar refractivity (Wildman–Crippen MR) is 86.9 cm³/mol. The van der Waals surface area contributed by atoms with E-state index in [1.165, 1.54) is 51.9 Å². The highest BCUT2D eigenvalue weighted by atomic mass is 15.3. The summed E-state index contributed by atoms with van der Waals surface area (Å²) in [6, 6.07) is 0.679. The molecule has 1 saturated carbocycles. The first kappa shape index (κ1) is 16.3. The van der Waals surface area contributed by atoms with Crippen LogP contribution in [0.15, 0.2) is 0 Å². The smallest absolute Gasteiger partial charge is 0.0363 e. The Morgan fingerprint density at radius 2 is 1.70 bits per heavy atom. The lowest BCUT2D eigenvalue weighted by Crippen LogP contribution is -2.65. The van der Waals surface area contributed by atoms with E-state index < -0.39 is 0 Å². The molecule has 3 heteroatoms. The maximum atomic E-state index is 6.34. The van der Waals surface area contributed by atoms with Crippen molar-refractivity contribution in [2.24, 2.45) is 17.6 Å². The van der Waals surface area contributed by atoms with Crippen molar-refractivity contribution in [2.45, 2.75) is 65.0 Å². The number of rotatable bonds is 4. The molecule has 0 spiro atoms. The molecule has 2 atom stereocenters. The Kier molecular flexibility index (Phi) is 5.49. The Morgan fingerprint density at radius 3 is 2.20 bits per heavy atom. The molecule has 118 valence electrons. The molecular weight excluding hydrogens is 246 g/mol. The largest absolute Gasteiger partial charge is 0.329 e. The van der Waals surface area contributed by atoms with Crippen molar-refractivity contribution in [2.75, 3.05) is 32.7 Å². The van der Waals surface area contributed by atoms with Gasteiger partial charge in [0.2, 0.25) is 0 Å². The number of hydrogen-bond acceptors (Lipinski definition) is 3. The highest BCUT2D eigenvalue weighted by Crippen LogP contribution is 2.42. The van der Waals surface area contributed by atoms with Gasteiger partial charge in [0, 0.05) is 44.3 Å². The lowest BCUT2D eigenvalue weighted by molar-refractivity contribution is -0.0437. The van der Waals surface area contributed by atoms with Gasteiger partial charge in [0.25, 0.3) is 0 Å². The molecule has 2 aliphatic rings. The van der Waals surface area contributed by atoms with E-state index in [0.717, 1.165) is 18.4 Å². The average molecular weight is 281 g/mol. The number of nitrogens with zero attached hydrogens (tertiary/aromatic N) is 2. The zero-order valence-electron chi connectivity index (χ0n) is 14.1. The molecule has 1 aliphatic heterocycles. The zero-order valence-corrected chi connectivity index (χ0v) is 14.1. The molecule has 1 aliphatic carbocycles. The second-order valence-electron chi connectivity index (χ2n) is 7.52. The molecule has 0 aromatic carbocycles. The van der Waals surface area contributed by atoms with Gasteiger partial charge in [-0.3, -0.25) is 9.80 Å². The highest BCUT2D eigenvalue weighted by molar-refractivity contribution is 5.02. The summed E-state index contributed by atoms with van der Waals surface area (Å²) in [4.78, 5) is 5.36. The topological polar surface area (TPSA) is 32.5 Å². The first-order chi connectivity index (χ1) is 9.51. The van der Waals surface area contributed by atoms with Gasteiger partial charge in [-0.05, 0) is 38.5 Å². The van der Waals surface area contributed by atoms with Crippen LogP contribution in [0.2, 0.25) is 0 Å². The highest BCUT2D eigenvalue weighted by Gasteiger charge is 2.46. The molecule has 2 unspecified atom stereocenters. The number of nitrogens with two attached hydrogens (primary N) is 1.